The van der Waals surface area contributed by atoms with Gasteiger partial charge in [-0.15, -0.1) is 0 Å². The molecule has 0 spiro atoms. The second-order valence-corrected chi connectivity index (χ2v) is 7.52. The van der Waals surface area contributed by atoms with E-state index in [0.717, 1.165) is 16.0 Å². The van der Waals surface area contributed by atoms with Gasteiger partial charge in [0.1, 0.15) is 11.0 Å². The molecule has 19 heavy (non-hydrogen) atoms. The van der Waals surface area contributed by atoms with Crippen molar-refractivity contribution in [1.82, 2.24) is 4.72 Å². The summed E-state index contributed by atoms with van der Waals surface area (Å²) in [6.45, 7) is 12.0. The fraction of sp³-hybridized carbons (Fsp3) is 0.600. The van der Waals surface area contributed by atoms with Crippen LogP contribution < -0.4 is 4.72 Å². The number of nitrogens with one attached hydrogen (secondary N) is 1. The summed E-state index contributed by atoms with van der Waals surface area (Å²) in [5.74, 6) is 0. The van der Waals surface area contributed by atoms with Crippen LogP contribution in [0.5, 0.6) is 0 Å². The van der Waals surface area contributed by atoms with Gasteiger partial charge in [-0.2, -0.15) is 0 Å². The van der Waals surface area contributed by atoms with E-state index in [-0.39, 0.29) is 5.54 Å². The van der Waals surface area contributed by atoms with Gasteiger partial charge in [0.25, 0.3) is 0 Å². The zero-order valence-electron chi connectivity index (χ0n) is 13.0. The Bertz CT molecular complexity index is 476. The third-order valence-corrected chi connectivity index (χ3v) is 4.45. The fourth-order valence-corrected chi connectivity index (χ4v) is 3.08. The zero-order chi connectivity index (χ0) is 14.8. The summed E-state index contributed by atoms with van der Waals surface area (Å²) in [7, 11) is 0.422. The molecule has 0 bridgehead atoms. The van der Waals surface area contributed by atoms with Crippen LogP contribution in [0.2, 0.25) is 0 Å². The number of hydrogen-bond donors (Lipinski definition) is 1. The van der Waals surface area contributed by atoms with Crippen LogP contribution in [0.15, 0.2) is 23.1 Å². The van der Waals surface area contributed by atoms with Crippen LogP contribution in [-0.4, -0.2) is 16.9 Å². The second-order valence-electron chi connectivity index (χ2n) is 6.33. The maximum Gasteiger partial charge on any atom is 0.125 e. The number of rotatable bonds is 4. The smallest absolute Gasteiger partial charge is 0.125 e. The first-order valence-electron chi connectivity index (χ1n) is 6.43. The number of methoxy groups -OCH3 is 1. The van der Waals surface area contributed by atoms with E-state index in [1.165, 1.54) is 0 Å². The van der Waals surface area contributed by atoms with Gasteiger partial charge in [-0.05, 0) is 47.6 Å². The molecule has 0 fully saturated rings. The van der Waals surface area contributed by atoms with Gasteiger partial charge in [-0.25, -0.2) is 8.93 Å². The van der Waals surface area contributed by atoms with Gasteiger partial charge in [-0.1, -0.05) is 17.7 Å². The Morgan fingerprint density at radius 1 is 1.16 bits per heavy atom. The number of hydrogen-bond acceptors (Lipinski definition) is 2. The van der Waals surface area contributed by atoms with Crippen LogP contribution in [-0.2, 0) is 21.3 Å². The van der Waals surface area contributed by atoms with Crippen molar-refractivity contribution in [2.75, 3.05) is 7.11 Å². The minimum Gasteiger partial charge on any atom is -0.374 e. The Labute approximate surface area is 119 Å². The lowest BCUT2D eigenvalue weighted by molar-refractivity contribution is 0.0168. The van der Waals surface area contributed by atoms with Gasteiger partial charge in [0.15, 0.2) is 0 Å². The van der Waals surface area contributed by atoms with Gasteiger partial charge in [-0.3, -0.25) is 0 Å². The molecule has 1 unspecified atom stereocenters. The highest BCUT2D eigenvalue weighted by Gasteiger charge is 2.26. The van der Waals surface area contributed by atoms with Crippen LogP contribution in [0.25, 0.3) is 0 Å². The molecule has 1 rings (SSSR count). The SMILES string of the molecule is COC(C)(C)c1cc(C)ccc1S(=O)NC(C)(C)C. The summed E-state index contributed by atoms with van der Waals surface area (Å²) in [6, 6.07) is 5.94. The molecule has 0 saturated carbocycles. The van der Waals surface area contributed by atoms with Crippen LogP contribution in [0, 0.1) is 6.92 Å². The summed E-state index contributed by atoms with van der Waals surface area (Å²) in [5, 5.41) is 0. The molecule has 0 heterocycles. The van der Waals surface area contributed by atoms with E-state index in [2.05, 4.69) is 4.72 Å². The minimum atomic E-state index is -1.25. The maximum absolute atomic E-state index is 12.5. The van der Waals surface area contributed by atoms with E-state index in [1.54, 1.807) is 7.11 Å². The monoisotopic (exact) mass is 283 g/mol. The van der Waals surface area contributed by atoms with E-state index in [9.17, 15) is 4.21 Å². The minimum absolute atomic E-state index is 0.204. The molecule has 4 heteroatoms. The standard InChI is InChI=1S/C15H25NO2S/c1-11-8-9-13(19(17)16-14(2,3)4)12(10-11)15(5,6)18-7/h8-10,16H,1-7H3. The molecule has 0 aromatic heterocycles. The number of aryl methyl sites for hydroxylation is 1. The summed E-state index contributed by atoms with van der Waals surface area (Å²) >= 11 is 0. The first-order valence-corrected chi connectivity index (χ1v) is 7.58. The van der Waals surface area contributed by atoms with Gasteiger partial charge in [0, 0.05) is 18.2 Å². The molecule has 3 nitrogen and oxygen atoms in total. The summed E-state index contributed by atoms with van der Waals surface area (Å²) in [5.41, 5.74) is 1.43. The average Bonchev–Trinajstić information content (AvgIpc) is 2.26. The van der Waals surface area contributed by atoms with Gasteiger partial charge in [0.2, 0.25) is 0 Å². The Morgan fingerprint density at radius 2 is 1.74 bits per heavy atom. The van der Waals surface area contributed by atoms with Crippen molar-refractivity contribution in [3.63, 3.8) is 0 Å². The Hall–Kier alpha value is -0.710. The molecule has 1 N–H and O–H groups in total. The molecular formula is C15H25NO2S. The van der Waals surface area contributed by atoms with Crippen molar-refractivity contribution in [1.29, 1.82) is 0 Å². The number of ether oxygens (including phenoxy) is 1. The molecule has 0 saturated heterocycles. The second kappa shape index (κ2) is 5.73. The first kappa shape index (κ1) is 16.3. The maximum atomic E-state index is 12.5. The highest BCUT2D eigenvalue weighted by Crippen LogP contribution is 2.30. The predicted octanol–water partition coefficient (Wildman–Crippen LogP) is 3.29. The van der Waals surface area contributed by atoms with Crippen LogP contribution in [0.3, 0.4) is 0 Å². The lowest BCUT2D eigenvalue weighted by Gasteiger charge is -2.28. The summed E-state index contributed by atoms with van der Waals surface area (Å²) < 4.78 is 21.1. The molecule has 0 aliphatic carbocycles. The van der Waals surface area contributed by atoms with E-state index in [4.69, 9.17) is 4.74 Å². The predicted molar refractivity (Wildman–Crippen MR) is 80.5 cm³/mol. The summed E-state index contributed by atoms with van der Waals surface area (Å²) in [6.07, 6.45) is 0. The molecule has 108 valence electrons. The topological polar surface area (TPSA) is 38.3 Å². The summed E-state index contributed by atoms with van der Waals surface area (Å²) in [4.78, 5) is 0.785. The van der Waals surface area contributed by atoms with E-state index >= 15 is 0 Å². The average molecular weight is 283 g/mol. The van der Waals surface area contributed by atoms with Crippen molar-refractivity contribution in [2.24, 2.45) is 0 Å². The lowest BCUT2D eigenvalue weighted by Crippen LogP contribution is -2.38. The van der Waals surface area contributed by atoms with Crippen molar-refractivity contribution >= 4 is 11.0 Å². The molecular weight excluding hydrogens is 258 g/mol. The first-order chi connectivity index (χ1) is 8.57. The highest BCUT2D eigenvalue weighted by atomic mass is 32.2. The molecule has 1 aromatic carbocycles. The molecule has 0 aliphatic rings. The third kappa shape index (κ3) is 4.41. The van der Waals surface area contributed by atoms with Crippen LogP contribution >= 0.6 is 0 Å². The van der Waals surface area contributed by atoms with Crippen molar-refractivity contribution in [3.05, 3.63) is 29.3 Å². The zero-order valence-corrected chi connectivity index (χ0v) is 13.8. The largest absolute Gasteiger partial charge is 0.374 e. The van der Waals surface area contributed by atoms with Crippen molar-refractivity contribution in [3.8, 4) is 0 Å². The quantitative estimate of drug-likeness (QED) is 0.921. The third-order valence-electron chi connectivity index (χ3n) is 2.89. The van der Waals surface area contributed by atoms with E-state index in [0.29, 0.717) is 0 Å². The Morgan fingerprint density at radius 3 is 2.21 bits per heavy atom. The molecule has 1 aromatic rings. The van der Waals surface area contributed by atoms with Crippen LogP contribution in [0.1, 0.15) is 45.7 Å². The van der Waals surface area contributed by atoms with Gasteiger partial charge < -0.3 is 4.74 Å². The van der Waals surface area contributed by atoms with Gasteiger partial charge in [0.05, 0.1) is 10.5 Å². The van der Waals surface area contributed by atoms with E-state index in [1.807, 2.05) is 59.7 Å². The molecule has 0 aliphatic heterocycles. The van der Waals surface area contributed by atoms with Crippen molar-refractivity contribution < 1.29 is 8.95 Å². The number of benzene rings is 1. The normalized spacial score (nSPS) is 14.5. The molecule has 0 radical (unpaired) electrons. The highest BCUT2D eigenvalue weighted by molar-refractivity contribution is 7.83. The Balaban J connectivity index is 3.25. The molecule has 1 atom stereocenters. The van der Waals surface area contributed by atoms with Gasteiger partial charge >= 0.3 is 0 Å². The van der Waals surface area contributed by atoms with Crippen LogP contribution in [0.4, 0.5) is 0 Å². The molecule has 0 amide bonds. The van der Waals surface area contributed by atoms with Crippen molar-refractivity contribution in [2.45, 2.75) is 57.6 Å². The lowest BCUT2D eigenvalue weighted by atomic mass is 9.96. The van der Waals surface area contributed by atoms with E-state index < -0.39 is 16.6 Å². The fourth-order valence-electron chi connectivity index (χ4n) is 1.72. The Kier molecular flexibility index (Phi) is 4.93.